The Labute approximate surface area is 69.9 Å². The zero-order valence-electron chi connectivity index (χ0n) is 5.10. The van der Waals surface area contributed by atoms with Crippen LogP contribution in [0.1, 0.15) is 13.3 Å². The van der Waals surface area contributed by atoms with Crippen LogP contribution >= 0.6 is 0 Å². The van der Waals surface area contributed by atoms with Crippen molar-refractivity contribution in [2.75, 3.05) is 0 Å². The van der Waals surface area contributed by atoms with Gasteiger partial charge >= 0.3 is 0 Å². The second kappa shape index (κ2) is 5.28. The largest absolute Gasteiger partial charge is 0.369 e. The second-order valence-electron chi connectivity index (χ2n) is 1.35. The van der Waals surface area contributed by atoms with Gasteiger partial charge in [-0.2, -0.15) is 0 Å². The van der Waals surface area contributed by atoms with Gasteiger partial charge in [-0.05, 0) is 6.92 Å². The van der Waals surface area contributed by atoms with Crippen molar-refractivity contribution in [3.63, 3.8) is 0 Å². The van der Waals surface area contributed by atoms with Gasteiger partial charge in [0.05, 0.1) is 6.42 Å². The van der Waals surface area contributed by atoms with E-state index >= 15 is 0 Å². The Kier molecular flexibility index (Phi) is 7.26. The molecule has 0 aliphatic heterocycles. The molecule has 0 aliphatic carbocycles. The molecule has 0 atom stereocenters. The molecular formula is C4H7NNaO2. The van der Waals surface area contributed by atoms with Crippen LogP contribution < -0.4 is 5.73 Å². The van der Waals surface area contributed by atoms with Gasteiger partial charge < -0.3 is 5.73 Å². The maximum Gasteiger partial charge on any atom is 0.224 e. The van der Waals surface area contributed by atoms with Crippen LogP contribution in [0.4, 0.5) is 0 Å². The molecule has 1 radical (unpaired) electrons. The molecule has 4 heteroatoms. The first-order valence-corrected chi connectivity index (χ1v) is 1.90. The summed E-state index contributed by atoms with van der Waals surface area (Å²) in [6.45, 7) is 1.32. The van der Waals surface area contributed by atoms with Gasteiger partial charge in [0.15, 0.2) is 0 Å². The van der Waals surface area contributed by atoms with Crippen LogP contribution in [0.2, 0.25) is 0 Å². The van der Waals surface area contributed by atoms with Crippen LogP contribution in [0.15, 0.2) is 0 Å². The molecule has 0 aromatic heterocycles. The predicted molar refractivity (Wildman–Crippen MR) is 30.2 cm³/mol. The first-order chi connectivity index (χ1) is 3.13. The minimum absolute atomic E-state index is 0. The smallest absolute Gasteiger partial charge is 0.224 e. The summed E-state index contributed by atoms with van der Waals surface area (Å²) in [5.74, 6) is -0.750. The van der Waals surface area contributed by atoms with E-state index in [1.807, 2.05) is 0 Å². The molecule has 0 aromatic rings. The zero-order chi connectivity index (χ0) is 5.86. The van der Waals surface area contributed by atoms with Gasteiger partial charge in [-0.25, -0.2) is 0 Å². The van der Waals surface area contributed by atoms with Crippen molar-refractivity contribution in [3.05, 3.63) is 0 Å². The molecule has 0 saturated heterocycles. The number of carbonyl (C=O) groups excluding carboxylic acids is 2. The van der Waals surface area contributed by atoms with Crippen LogP contribution in [-0.2, 0) is 9.59 Å². The standard InChI is InChI=1S/C4H7NO2.Na/c1-3(6)2-4(5)7;/h2H2,1H3,(H2,5,7);. The molecule has 1 amide bonds. The van der Waals surface area contributed by atoms with E-state index in [1.54, 1.807) is 0 Å². The van der Waals surface area contributed by atoms with Gasteiger partial charge in [-0.3, -0.25) is 9.59 Å². The fourth-order valence-electron chi connectivity index (χ4n) is 0.245. The third-order valence-electron chi connectivity index (χ3n) is 0.423. The molecule has 0 fully saturated rings. The van der Waals surface area contributed by atoms with E-state index in [0.29, 0.717) is 0 Å². The minimum Gasteiger partial charge on any atom is -0.369 e. The Balaban J connectivity index is 0. The maximum absolute atomic E-state index is 9.95. The molecule has 0 aliphatic rings. The van der Waals surface area contributed by atoms with Crippen molar-refractivity contribution in [2.24, 2.45) is 5.73 Å². The van der Waals surface area contributed by atoms with E-state index < -0.39 is 5.91 Å². The molecule has 41 valence electrons. The van der Waals surface area contributed by atoms with Crippen LogP contribution in [0.25, 0.3) is 0 Å². The van der Waals surface area contributed by atoms with E-state index in [-0.39, 0.29) is 41.8 Å². The molecule has 0 spiro atoms. The fourth-order valence-corrected chi connectivity index (χ4v) is 0.245. The third-order valence-corrected chi connectivity index (χ3v) is 0.423. The average molecular weight is 124 g/mol. The molecule has 0 saturated carbocycles. The van der Waals surface area contributed by atoms with E-state index in [1.165, 1.54) is 6.92 Å². The Morgan fingerprint density at radius 3 is 1.88 bits per heavy atom. The number of hydrogen-bond donors (Lipinski definition) is 1. The Bertz CT molecular complexity index is 90.2. The summed E-state index contributed by atoms with van der Waals surface area (Å²) in [4.78, 5) is 19.8. The normalized spacial score (nSPS) is 7.12. The minimum atomic E-state index is -0.562. The molecule has 8 heavy (non-hydrogen) atoms. The molecule has 0 heterocycles. The summed E-state index contributed by atoms with van der Waals surface area (Å²) >= 11 is 0. The van der Waals surface area contributed by atoms with Crippen LogP contribution in [-0.4, -0.2) is 41.2 Å². The number of hydrogen-bond acceptors (Lipinski definition) is 2. The first-order valence-electron chi connectivity index (χ1n) is 1.90. The molecule has 0 unspecified atom stereocenters. The topological polar surface area (TPSA) is 60.2 Å². The monoisotopic (exact) mass is 124 g/mol. The summed E-state index contributed by atoms with van der Waals surface area (Å²) < 4.78 is 0. The van der Waals surface area contributed by atoms with Crippen molar-refractivity contribution in [3.8, 4) is 0 Å². The molecule has 0 bridgehead atoms. The number of rotatable bonds is 2. The van der Waals surface area contributed by atoms with Crippen molar-refractivity contribution in [2.45, 2.75) is 13.3 Å². The molecule has 3 nitrogen and oxygen atoms in total. The van der Waals surface area contributed by atoms with Crippen LogP contribution in [0.3, 0.4) is 0 Å². The van der Waals surface area contributed by atoms with Gasteiger partial charge in [0.25, 0.3) is 0 Å². The predicted octanol–water partition coefficient (Wildman–Crippen LogP) is -0.930. The summed E-state index contributed by atoms with van der Waals surface area (Å²) in [5, 5.41) is 0. The van der Waals surface area contributed by atoms with E-state index in [0.717, 1.165) is 0 Å². The van der Waals surface area contributed by atoms with Crippen molar-refractivity contribution in [1.82, 2.24) is 0 Å². The first kappa shape index (κ1) is 11.0. The van der Waals surface area contributed by atoms with E-state index in [9.17, 15) is 9.59 Å². The third kappa shape index (κ3) is 9.46. The molecule has 0 rings (SSSR count). The second-order valence-corrected chi connectivity index (χ2v) is 1.35. The summed E-state index contributed by atoms with van der Waals surface area (Å²) in [6.07, 6.45) is -0.139. The molecular weight excluding hydrogens is 117 g/mol. The Morgan fingerprint density at radius 1 is 1.50 bits per heavy atom. The van der Waals surface area contributed by atoms with E-state index in [2.05, 4.69) is 5.73 Å². The Hall–Kier alpha value is 0.140. The van der Waals surface area contributed by atoms with E-state index in [4.69, 9.17) is 0 Å². The molecule has 2 N–H and O–H groups in total. The van der Waals surface area contributed by atoms with Gasteiger partial charge in [-0.1, -0.05) is 0 Å². The fraction of sp³-hybridized carbons (Fsp3) is 0.500. The van der Waals surface area contributed by atoms with Gasteiger partial charge in [0.1, 0.15) is 5.78 Å². The SMILES string of the molecule is CC(=O)CC(N)=O.[Na]. The van der Waals surface area contributed by atoms with Crippen molar-refractivity contribution in [1.29, 1.82) is 0 Å². The zero-order valence-corrected chi connectivity index (χ0v) is 7.10. The van der Waals surface area contributed by atoms with Crippen molar-refractivity contribution < 1.29 is 9.59 Å². The summed E-state index contributed by atoms with van der Waals surface area (Å²) in [6, 6.07) is 0. The van der Waals surface area contributed by atoms with Gasteiger partial charge in [0.2, 0.25) is 5.91 Å². The number of carbonyl (C=O) groups is 2. The van der Waals surface area contributed by atoms with Crippen molar-refractivity contribution >= 4 is 41.2 Å². The number of Topliss-reactive ketones (excluding diaryl/α,β-unsaturated/α-hetero) is 1. The van der Waals surface area contributed by atoms with Gasteiger partial charge in [0, 0.05) is 29.6 Å². The summed E-state index contributed by atoms with van der Waals surface area (Å²) in [7, 11) is 0. The summed E-state index contributed by atoms with van der Waals surface area (Å²) in [5.41, 5.74) is 4.63. The average Bonchev–Trinajstić information content (AvgIpc) is 1.27. The molecule has 0 aromatic carbocycles. The Morgan fingerprint density at radius 2 is 1.88 bits per heavy atom. The van der Waals surface area contributed by atoms with Crippen LogP contribution in [0, 0.1) is 0 Å². The van der Waals surface area contributed by atoms with Gasteiger partial charge in [-0.15, -0.1) is 0 Å². The number of amides is 1. The number of primary amides is 1. The van der Waals surface area contributed by atoms with Crippen LogP contribution in [0.5, 0.6) is 0 Å². The number of nitrogens with two attached hydrogens (primary N) is 1. The number of ketones is 1. The maximum atomic E-state index is 9.95. The quantitative estimate of drug-likeness (QED) is 0.382.